The first kappa shape index (κ1) is 27.8. The molecule has 0 bridgehead atoms. The molecule has 1 aliphatic heterocycles. The monoisotopic (exact) mass is 509 g/mol. The molecule has 1 N–H and O–H groups in total. The van der Waals surface area contributed by atoms with Gasteiger partial charge in [0.2, 0.25) is 5.75 Å². The minimum atomic E-state index is 0.538. The zero-order valence-electron chi connectivity index (χ0n) is 22.8. The van der Waals surface area contributed by atoms with Crippen molar-refractivity contribution in [3.8, 4) is 22.9 Å². The molecule has 1 fully saturated rings. The molecule has 0 saturated carbocycles. The Balaban J connectivity index is 0.00000186. The van der Waals surface area contributed by atoms with Crippen LogP contribution in [-0.2, 0) is 6.54 Å². The van der Waals surface area contributed by atoms with Crippen molar-refractivity contribution in [2.24, 2.45) is 5.10 Å². The van der Waals surface area contributed by atoms with Gasteiger partial charge in [0, 0.05) is 51.6 Å². The smallest absolute Gasteiger partial charge is 0.203 e. The average Bonchev–Trinajstić information content (AvgIpc) is 3.57. The molecule has 200 valence electrons. The van der Waals surface area contributed by atoms with E-state index in [2.05, 4.69) is 51.6 Å². The topological polar surface area (TPSA) is 81.3 Å². The van der Waals surface area contributed by atoms with E-state index in [-0.39, 0.29) is 0 Å². The van der Waals surface area contributed by atoms with E-state index in [9.17, 15) is 0 Å². The number of benzene rings is 1. The highest BCUT2D eigenvalue weighted by molar-refractivity contribution is 5.72. The van der Waals surface area contributed by atoms with E-state index < -0.39 is 0 Å². The van der Waals surface area contributed by atoms with Gasteiger partial charge >= 0.3 is 0 Å². The third-order valence-corrected chi connectivity index (χ3v) is 6.18. The number of nitrogens with zero attached hydrogens (tertiary/aromatic N) is 6. The Labute approximate surface area is 219 Å². The lowest BCUT2D eigenvalue weighted by molar-refractivity contribution is 0.146. The van der Waals surface area contributed by atoms with Crippen LogP contribution in [0.1, 0.15) is 25.2 Å². The first-order valence-electron chi connectivity index (χ1n) is 12.4. The predicted molar refractivity (Wildman–Crippen MR) is 149 cm³/mol. The van der Waals surface area contributed by atoms with Gasteiger partial charge in [-0.2, -0.15) is 5.10 Å². The van der Waals surface area contributed by atoms with Gasteiger partial charge in [-0.15, -0.1) is 0 Å². The second kappa shape index (κ2) is 13.0. The number of likely N-dealkylation sites (N-methyl/N-ethyl adjacent to an activating group) is 1. The standard InChI is InChI=1S/C25H33N7O3.C2H6/c1-18(21-8-7-19(32(21)26-2)15-30-11-9-29(3)10-12-30)28-24-16-31(17-27-24)20-13-22(33-4)25(35-6)23(14-20)34-5;1-2/h7-8,13-14,16-17,28H,1-2,9-12,15H2,3-6H3;1-2H3. The minimum absolute atomic E-state index is 0.538. The van der Waals surface area contributed by atoms with Gasteiger partial charge in [0.25, 0.3) is 0 Å². The number of methoxy groups -OCH3 is 3. The Morgan fingerprint density at radius 2 is 1.68 bits per heavy atom. The van der Waals surface area contributed by atoms with Crippen LogP contribution in [0.4, 0.5) is 5.82 Å². The van der Waals surface area contributed by atoms with Crippen molar-refractivity contribution in [1.29, 1.82) is 0 Å². The first-order valence-corrected chi connectivity index (χ1v) is 12.4. The number of imidazole rings is 1. The summed E-state index contributed by atoms with van der Waals surface area (Å²) in [6.07, 6.45) is 3.57. The lowest BCUT2D eigenvalue weighted by Crippen LogP contribution is -2.44. The lowest BCUT2D eigenvalue weighted by atomic mass is 10.2. The van der Waals surface area contributed by atoms with Crippen molar-refractivity contribution in [2.75, 3.05) is 59.9 Å². The van der Waals surface area contributed by atoms with Gasteiger partial charge in [0.15, 0.2) is 11.5 Å². The fourth-order valence-electron chi connectivity index (χ4n) is 4.18. The number of hydrogen-bond acceptors (Lipinski definition) is 8. The zero-order chi connectivity index (χ0) is 26.9. The molecule has 3 heterocycles. The van der Waals surface area contributed by atoms with Gasteiger partial charge in [-0.25, -0.2) is 9.66 Å². The van der Waals surface area contributed by atoms with Crippen molar-refractivity contribution in [2.45, 2.75) is 20.4 Å². The fourth-order valence-corrected chi connectivity index (χ4v) is 4.18. The van der Waals surface area contributed by atoms with Crippen LogP contribution >= 0.6 is 0 Å². The summed E-state index contributed by atoms with van der Waals surface area (Å²) >= 11 is 0. The number of anilines is 1. The highest BCUT2D eigenvalue weighted by Crippen LogP contribution is 2.39. The second-order valence-corrected chi connectivity index (χ2v) is 8.40. The second-order valence-electron chi connectivity index (χ2n) is 8.40. The Morgan fingerprint density at radius 3 is 2.24 bits per heavy atom. The average molecular weight is 510 g/mol. The fraction of sp³-hybridized carbons (Fsp3) is 0.407. The highest BCUT2D eigenvalue weighted by atomic mass is 16.5. The number of hydrogen-bond donors (Lipinski definition) is 1. The summed E-state index contributed by atoms with van der Waals surface area (Å²) in [5.41, 5.74) is 3.41. The summed E-state index contributed by atoms with van der Waals surface area (Å²) in [5, 5.41) is 7.53. The van der Waals surface area contributed by atoms with Crippen LogP contribution in [-0.4, -0.2) is 85.3 Å². The van der Waals surface area contributed by atoms with Crippen LogP contribution in [0.3, 0.4) is 0 Å². The Hall–Kier alpha value is -3.76. The molecular formula is C27H39N7O3. The van der Waals surface area contributed by atoms with Gasteiger partial charge in [0.05, 0.1) is 50.3 Å². The van der Waals surface area contributed by atoms with E-state index >= 15 is 0 Å². The number of rotatable bonds is 10. The summed E-state index contributed by atoms with van der Waals surface area (Å²) in [5.74, 6) is 2.31. The normalized spacial score (nSPS) is 13.9. The quantitative estimate of drug-likeness (QED) is 0.414. The maximum absolute atomic E-state index is 5.46. The molecule has 3 aromatic rings. The van der Waals surface area contributed by atoms with E-state index in [4.69, 9.17) is 14.2 Å². The van der Waals surface area contributed by atoms with Crippen LogP contribution in [0.15, 0.2) is 48.5 Å². The Kier molecular flexibility index (Phi) is 9.76. The molecule has 0 amide bonds. The Morgan fingerprint density at radius 1 is 1.03 bits per heavy atom. The van der Waals surface area contributed by atoms with Gasteiger partial charge < -0.3 is 29.0 Å². The van der Waals surface area contributed by atoms with Crippen LogP contribution < -0.4 is 19.5 Å². The van der Waals surface area contributed by atoms with E-state index in [1.807, 2.05) is 47.5 Å². The van der Waals surface area contributed by atoms with E-state index in [1.165, 1.54) is 0 Å². The SMILES string of the molecule is C=Nn1c(CN2CCN(C)CC2)ccc1C(=C)Nc1cn(-c2cc(OC)c(OC)c(OC)c2)cn1.CC. The number of piperazine rings is 1. The largest absolute Gasteiger partial charge is 0.493 e. The van der Waals surface area contributed by atoms with E-state index in [0.29, 0.717) is 28.8 Å². The third-order valence-electron chi connectivity index (χ3n) is 6.18. The van der Waals surface area contributed by atoms with Gasteiger partial charge in [0.1, 0.15) is 12.1 Å². The van der Waals surface area contributed by atoms with Crippen LogP contribution in [0.5, 0.6) is 17.2 Å². The Bertz CT molecular complexity index is 1170. The van der Waals surface area contributed by atoms with E-state index in [0.717, 1.165) is 49.8 Å². The molecule has 0 radical (unpaired) electrons. The molecular weight excluding hydrogens is 470 g/mol. The maximum atomic E-state index is 5.46. The molecule has 1 aliphatic rings. The molecule has 0 aliphatic carbocycles. The van der Waals surface area contributed by atoms with Crippen molar-refractivity contribution in [3.05, 3.63) is 54.8 Å². The molecule has 2 aromatic heterocycles. The van der Waals surface area contributed by atoms with Crippen molar-refractivity contribution >= 4 is 18.2 Å². The number of ether oxygens (including phenoxy) is 3. The molecule has 1 aromatic carbocycles. The first-order chi connectivity index (χ1) is 18.0. The lowest BCUT2D eigenvalue weighted by Gasteiger charge is -2.32. The molecule has 0 atom stereocenters. The number of aromatic nitrogens is 3. The van der Waals surface area contributed by atoms with Crippen molar-refractivity contribution < 1.29 is 14.2 Å². The molecule has 4 rings (SSSR count). The highest BCUT2D eigenvalue weighted by Gasteiger charge is 2.18. The molecule has 10 heteroatoms. The molecule has 0 unspecified atom stereocenters. The van der Waals surface area contributed by atoms with Crippen LogP contribution in [0.25, 0.3) is 11.4 Å². The van der Waals surface area contributed by atoms with Crippen molar-refractivity contribution in [3.63, 3.8) is 0 Å². The van der Waals surface area contributed by atoms with Gasteiger partial charge in [-0.05, 0) is 19.2 Å². The van der Waals surface area contributed by atoms with Crippen LogP contribution in [0.2, 0.25) is 0 Å². The minimum Gasteiger partial charge on any atom is -0.493 e. The summed E-state index contributed by atoms with van der Waals surface area (Å²) < 4.78 is 20.0. The summed E-state index contributed by atoms with van der Waals surface area (Å²) in [4.78, 5) is 9.25. The zero-order valence-corrected chi connectivity index (χ0v) is 22.8. The van der Waals surface area contributed by atoms with Gasteiger partial charge in [-0.3, -0.25) is 4.90 Å². The van der Waals surface area contributed by atoms with Crippen molar-refractivity contribution in [1.82, 2.24) is 24.0 Å². The predicted octanol–water partition coefficient (Wildman–Crippen LogP) is 4.02. The summed E-state index contributed by atoms with van der Waals surface area (Å²) in [7, 11) is 6.91. The third kappa shape index (κ3) is 6.33. The maximum Gasteiger partial charge on any atom is 0.203 e. The molecule has 0 spiro atoms. The van der Waals surface area contributed by atoms with Gasteiger partial charge in [-0.1, -0.05) is 20.4 Å². The van der Waals surface area contributed by atoms with Crippen LogP contribution in [0, 0.1) is 0 Å². The summed E-state index contributed by atoms with van der Waals surface area (Å²) in [6, 6.07) is 7.80. The number of nitrogens with one attached hydrogen (secondary N) is 1. The summed E-state index contributed by atoms with van der Waals surface area (Å²) in [6.45, 7) is 17.0. The molecule has 10 nitrogen and oxygen atoms in total. The molecule has 37 heavy (non-hydrogen) atoms. The van der Waals surface area contributed by atoms with E-state index in [1.54, 1.807) is 27.7 Å². The molecule has 1 saturated heterocycles.